The Morgan fingerprint density at radius 1 is 1.64 bits per heavy atom. The maximum absolute atomic E-state index is 10.6. The third kappa shape index (κ3) is 2.51. The molecule has 0 amide bonds. The van der Waals surface area contributed by atoms with Crippen molar-refractivity contribution in [2.75, 3.05) is 0 Å². The third-order valence-corrected chi connectivity index (χ3v) is 2.32. The summed E-state index contributed by atoms with van der Waals surface area (Å²) >= 11 is 10.8. The van der Waals surface area contributed by atoms with Gasteiger partial charge in [0.15, 0.2) is 0 Å². The highest BCUT2D eigenvalue weighted by Gasteiger charge is 2.37. The molecule has 0 rings (SSSR count). The highest BCUT2D eigenvalue weighted by Crippen LogP contribution is 2.25. The minimum Gasteiger partial charge on any atom is -0.480 e. The summed E-state index contributed by atoms with van der Waals surface area (Å²) in [7, 11) is 0. The summed E-state index contributed by atoms with van der Waals surface area (Å²) in [5, 5.41) is 8.72. The first kappa shape index (κ1) is 11.0. The van der Waals surface area contributed by atoms with E-state index in [9.17, 15) is 4.79 Å². The van der Waals surface area contributed by atoms with Crippen molar-refractivity contribution in [2.24, 2.45) is 0 Å². The second-order valence-corrected chi connectivity index (χ2v) is 3.41. The number of carboxylic acid groups (broad SMARTS) is 1. The van der Waals surface area contributed by atoms with Crippen LogP contribution in [0.2, 0.25) is 0 Å². The first-order valence-corrected chi connectivity index (χ1v) is 3.98. The van der Waals surface area contributed by atoms with Crippen LogP contribution in [-0.4, -0.2) is 20.6 Å². The maximum Gasteiger partial charge on any atom is 0.326 e. The van der Waals surface area contributed by atoms with E-state index >= 15 is 0 Å². The number of rotatable bonds is 4. The Balaban J connectivity index is 4.38. The first-order valence-electron chi connectivity index (χ1n) is 3.30. The first-order chi connectivity index (χ1) is 4.95. The number of carbonyl (C=O) groups is 1. The lowest BCUT2D eigenvalue weighted by atomic mass is 9.98. The van der Waals surface area contributed by atoms with Gasteiger partial charge in [0.25, 0.3) is 0 Å². The zero-order valence-corrected chi connectivity index (χ0v) is 7.98. The molecule has 0 fully saturated rings. The van der Waals surface area contributed by atoms with E-state index in [1.807, 2.05) is 6.92 Å². The molecule has 0 heterocycles. The van der Waals surface area contributed by atoms with Crippen molar-refractivity contribution in [3.8, 4) is 0 Å². The number of hydrogen-bond donors (Lipinski definition) is 1. The Morgan fingerprint density at radius 3 is 2.18 bits per heavy atom. The Hall–Kier alpha value is 0.01000. The van der Waals surface area contributed by atoms with Gasteiger partial charge in [-0.2, -0.15) is 0 Å². The van der Waals surface area contributed by atoms with Gasteiger partial charge in [0, 0.05) is 0 Å². The number of halogens is 2. The second-order valence-electron chi connectivity index (χ2n) is 2.56. The van der Waals surface area contributed by atoms with Crippen LogP contribution in [0.15, 0.2) is 0 Å². The summed E-state index contributed by atoms with van der Waals surface area (Å²) in [4.78, 5) is 10.6. The standard InChI is InChI=1S/C6H11Cl2NO2/c1-3-4-6(2,5(10)11)9(7)8/h3-4H2,1-2H3,(H,10,11). The van der Waals surface area contributed by atoms with E-state index in [0.717, 1.165) is 6.42 Å². The number of aliphatic carboxylic acids is 1. The molecule has 1 N–H and O–H groups in total. The number of hydrogen-bond acceptors (Lipinski definition) is 2. The van der Waals surface area contributed by atoms with Gasteiger partial charge in [0.1, 0.15) is 5.54 Å². The van der Waals surface area contributed by atoms with Gasteiger partial charge in [-0.1, -0.05) is 13.3 Å². The van der Waals surface area contributed by atoms with Gasteiger partial charge in [0.2, 0.25) is 0 Å². The van der Waals surface area contributed by atoms with E-state index in [0.29, 0.717) is 10.4 Å². The molecule has 1 unspecified atom stereocenters. The van der Waals surface area contributed by atoms with Crippen LogP contribution in [0.4, 0.5) is 0 Å². The summed E-state index contributed by atoms with van der Waals surface area (Å²) in [6, 6.07) is 0. The number of nitrogens with zero attached hydrogens (tertiary/aromatic N) is 1. The minimum atomic E-state index is -1.17. The van der Waals surface area contributed by atoms with Crippen molar-refractivity contribution in [1.29, 1.82) is 0 Å². The van der Waals surface area contributed by atoms with E-state index in [1.54, 1.807) is 0 Å². The average molecular weight is 200 g/mol. The molecule has 0 aromatic rings. The lowest BCUT2D eigenvalue weighted by Crippen LogP contribution is -2.43. The molecule has 1 atom stereocenters. The molecule has 11 heavy (non-hydrogen) atoms. The molecule has 5 heteroatoms. The highest BCUT2D eigenvalue weighted by molar-refractivity contribution is 6.35. The topological polar surface area (TPSA) is 40.5 Å². The molecule has 0 aliphatic rings. The summed E-state index contributed by atoms with van der Waals surface area (Å²) in [5.41, 5.74) is -1.17. The van der Waals surface area contributed by atoms with Crippen molar-refractivity contribution in [1.82, 2.24) is 3.94 Å². The molecule has 0 aromatic carbocycles. The van der Waals surface area contributed by atoms with E-state index in [1.165, 1.54) is 6.92 Å². The van der Waals surface area contributed by atoms with Crippen LogP contribution in [-0.2, 0) is 4.79 Å². The summed E-state index contributed by atoms with van der Waals surface area (Å²) in [6.07, 6.45) is 1.15. The molecule has 0 aliphatic heterocycles. The molecular formula is C6H11Cl2NO2. The van der Waals surface area contributed by atoms with E-state index in [-0.39, 0.29) is 0 Å². The van der Waals surface area contributed by atoms with Gasteiger partial charge < -0.3 is 5.11 Å². The van der Waals surface area contributed by atoms with Crippen molar-refractivity contribution >= 4 is 29.5 Å². The minimum absolute atomic E-state index is 0.426. The monoisotopic (exact) mass is 199 g/mol. The zero-order valence-electron chi connectivity index (χ0n) is 6.47. The molecular weight excluding hydrogens is 189 g/mol. The molecule has 0 radical (unpaired) electrons. The smallest absolute Gasteiger partial charge is 0.326 e. The third-order valence-electron chi connectivity index (χ3n) is 1.57. The Kier molecular flexibility index (Phi) is 4.14. The predicted octanol–water partition coefficient (Wildman–Crippen LogP) is 2.24. The van der Waals surface area contributed by atoms with Crippen LogP contribution in [0.1, 0.15) is 26.7 Å². The maximum atomic E-state index is 10.6. The largest absolute Gasteiger partial charge is 0.480 e. The Labute approximate surface area is 76.1 Å². The van der Waals surface area contributed by atoms with Crippen LogP contribution in [0, 0.1) is 0 Å². The van der Waals surface area contributed by atoms with Crippen molar-refractivity contribution < 1.29 is 9.90 Å². The summed E-state index contributed by atoms with van der Waals surface area (Å²) in [6.45, 7) is 3.36. The molecule has 66 valence electrons. The molecule has 0 saturated heterocycles. The van der Waals surface area contributed by atoms with Crippen molar-refractivity contribution in [3.63, 3.8) is 0 Å². The fraction of sp³-hybridized carbons (Fsp3) is 0.833. The SMILES string of the molecule is CCCC(C)(C(=O)O)N(Cl)Cl. The van der Waals surface area contributed by atoms with Gasteiger partial charge in [0.05, 0.1) is 0 Å². The average Bonchev–Trinajstić information content (AvgIpc) is 1.87. The highest BCUT2D eigenvalue weighted by atomic mass is 35.5. The normalized spacial score (nSPS) is 16.5. The molecule has 3 nitrogen and oxygen atoms in total. The van der Waals surface area contributed by atoms with Crippen molar-refractivity contribution in [3.05, 3.63) is 0 Å². The summed E-state index contributed by atoms with van der Waals surface area (Å²) < 4.78 is 0.693. The molecule has 0 saturated carbocycles. The van der Waals surface area contributed by atoms with E-state index < -0.39 is 11.5 Å². The predicted molar refractivity (Wildman–Crippen MR) is 44.5 cm³/mol. The van der Waals surface area contributed by atoms with Gasteiger partial charge >= 0.3 is 5.97 Å². The second kappa shape index (κ2) is 4.14. The number of carboxylic acids is 1. The zero-order chi connectivity index (χ0) is 9.07. The van der Waals surface area contributed by atoms with Gasteiger partial charge in [-0.15, -0.1) is 3.94 Å². The van der Waals surface area contributed by atoms with Crippen LogP contribution < -0.4 is 0 Å². The van der Waals surface area contributed by atoms with E-state index in [4.69, 9.17) is 28.7 Å². The lowest BCUT2D eigenvalue weighted by Gasteiger charge is -2.26. The van der Waals surface area contributed by atoms with Crippen LogP contribution >= 0.6 is 23.6 Å². The van der Waals surface area contributed by atoms with Crippen LogP contribution in [0.5, 0.6) is 0 Å². The fourth-order valence-corrected chi connectivity index (χ4v) is 1.06. The van der Waals surface area contributed by atoms with Gasteiger partial charge in [-0.25, -0.2) is 0 Å². The lowest BCUT2D eigenvalue weighted by molar-refractivity contribution is -0.145. The fourth-order valence-electron chi connectivity index (χ4n) is 0.751. The van der Waals surface area contributed by atoms with Gasteiger partial charge in [-0.3, -0.25) is 4.79 Å². The molecule has 0 spiro atoms. The van der Waals surface area contributed by atoms with Gasteiger partial charge in [-0.05, 0) is 36.9 Å². The molecule has 0 bridgehead atoms. The molecule has 0 aromatic heterocycles. The van der Waals surface area contributed by atoms with Crippen LogP contribution in [0.25, 0.3) is 0 Å². The summed E-state index contributed by atoms with van der Waals surface area (Å²) in [5.74, 6) is -1.01. The molecule has 0 aliphatic carbocycles. The van der Waals surface area contributed by atoms with Crippen LogP contribution in [0.3, 0.4) is 0 Å². The van der Waals surface area contributed by atoms with E-state index in [2.05, 4.69) is 0 Å². The Morgan fingerprint density at radius 2 is 2.09 bits per heavy atom. The Bertz CT molecular complexity index is 152. The quantitative estimate of drug-likeness (QED) is 0.707. The van der Waals surface area contributed by atoms with Crippen molar-refractivity contribution in [2.45, 2.75) is 32.2 Å².